The van der Waals surface area contributed by atoms with Gasteiger partial charge < -0.3 is 0 Å². The van der Waals surface area contributed by atoms with Crippen LogP contribution in [0.15, 0.2) is 21.5 Å². The van der Waals surface area contributed by atoms with Crippen molar-refractivity contribution >= 4 is 26.0 Å². The third-order valence-corrected chi connectivity index (χ3v) is 3.30. The van der Waals surface area contributed by atoms with Gasteiger partial charge in [-0.05, 0) is 24.6 Å². The van der Waals surface area contributed by atoms with Crippen LogP contribution in [0.4, 0.5) is 4.39 Å². The van der Waals surface area contributed by atoms with Crippen molar-refractivity contribution in [2.45, 2.75) is 11.8 Å². The van der Waals surface area contributed by atoms with Crippen LogP contribution in [0, 0.1) is 12.7 Å². The second kappa shape index (κ2) is 3.36. The first-order chi connectivity index (χ1) is 5.82. The topological polar surface area (TPSA) is 60.2 Å². The largest absolute Gasteiger partial charge is 0.238 e. The smallest absolute Gasteiger partial charge is 0.225 e. The predicted octanol–water partition coefficient (Wildman–Crippen LogP) is 1.54. The number of benzene rings is 1. The van der Waals surface area contributed by atoms with E-state index in [1.165, 1.54) is 13.0 Å². The van der Waals surface area contributed by atoms with Crippen molar-refractivity contribution in [1.29, 1.82) is 0 Å². The molecule has 0 amide bonds. The maximum atomic E-state index is 13.0. The predicted molar refractivity (Wildman–Crippen MR) is 50.2 cm³/mol. The molecule has 6 heteroatoms. The first kappa shape index (κ1) is 10.6. The third-order valence-electron chi connectivity index (χ3n) is 1.58. The molecular formula is C7H7BrFNO2S. The molecule has 0 saturated carbocycles. The van der Waals surface area contributed by atoms with Crippen LogP contribution < -0.4 is 5.14 Å². The zero-order valence-corrected chi connectivity index (χ0v) is 9.12. The summed E-state index contributed by atoms with van der Waals surface area (Å²) in [6.07, 6.45) is 0. The van der Waals surface area contributed by atoms with Crippen LogP contribution in [0.2, 0.25) is 0 Å². The molecule has 0 atom stereocenters. The van der Waals surface area contributed by atoms with Crippen LogP contribution in [-0.4, -0.2) is 8.42 Å². The number of primary sulfonamides is 1. The minimum Gasteiger partial charge on any atom is -0.225 e. The molecule has 0 radical (unpaired) electrons. The van der Waals surface area contributed by atoms with Crippen molar-refractivity contribution in [1.82, 2.24) is 0 Å². The van der Waals surface area contributed by atoms with E-state index in [4.69, 9.17) is 5.14 Å². The third kappa shape index (κ3) is 2.26. The lowest BCUT2D eigenvalue weighted by Crippen LogP contribution is -2.12. The van der Waals surface area contributed by atoms with Crippen molar-refractivity contribution in [3.05, 3.63) is 28.0 Å². The quantitative estimate of drug-likeness (QED) is 0.839. The summed E-state index contributed by atoms with van der Waals surface area (Å²) in [5.41, 5.74) is 0.354. The minimum absolute atomic E-state index is 0.234. The van der Waals surface area contributed by atoms with E-state index in [9.17, 15) is 12.8 Å². The number of sulfonamides is 1. The number of hydrogen-bond acceptors (Lipinski definition) is 2. The van der Waals surface area contributed by atoms with E-state index < -0.39 is 15.8 Å². The average Bonchev–Trinajstić information content (AvgIpc) is 1.97. The maximum Gasteiger partial charge on any atom is 0.238 e. The highest BCUT2D eigenvalue weighted by Gasteiger charge is 2.12. The van der Waals surface area contributed by atoms with Crippen LogP contribution in [0.5, 0.6) is 0 Å². The van der Waals surface area contributed by atoms with Gasteiger partial charge >= 0.3 is 0 Å². The van der Waals surface area contributed by atoms with Crippen molar-refractivity contribution in [2.24, 2.45) is 5.14 Å². The number of rotatable bonds is 1. The van der Waals surface area contributed by atoms with Crippen molar-refractivity contribution in [3.8, 4) is 0 Å². The van der Waals surface area contributed by atoms with E-state index in [1.54, 1.807) is 0 Å². The SMILES string of the molecule is Cc1c(F)cc(S(N)(=O)=O)cc1Br. The molecule has 1 aromatic rings. The molecule has 1 aromatic carbocycles. The molecule has 0 aliphatic carbocycles. The van der Waals surface area contributed by atoms with Gasteiger partial charge in [-0.1, -0.05) is 15.9 Å². The zero-order chi connectivity index (χ0) is 10.2. The van der Waals surface area contributed by atoms with Gasteiger partial charge in [0, 0.05) is 4.47 Å². The highest BCUT2D eigenvalue weighted by molar-refractivity contribution is 9.10. The Bertz CT molecular complexity index is 421. The Morgan fingerprint density at radius 2 is 2.00 bits per heavy atom. The fourth-order valence-electron chi connectivity index (χ4n) is 0.786. The number of nitrogens with two attached hydrogens (primary N) is 1. The van der Waals surface area contributed by atoms with Gasteiger partial charge in [-0.25, -0.2) is 17.9 Å². The summed E-state index contributed by atoms with van der Waals surface area (Å²) < 4.78 is 35.1. The fraction of sp³-hybridized carbons (Fsp3) is 0.143. The highest BCUT2D eigenvalue weighted by atomic mass is 79.9. The first-order valence-corrected chi connectivity index (χ1v) is 5.65. The summed E-state index contributed by atoms with van der Waals surface area (Å²) in [6, 6.07) is 2.17. The van der Waals surface area contributed by atoms with Gasteiger partial charge in [0.15, 0.2) is 0 Å². The Morgan fingerprint density at radius 3 is 2.38 bits per heavy atom. The summed E-state index contributed by atoms with van der Waals surface area (Å²) in [5, 5.41) is 4.83. The van der Waals surface area contributed by atoms with E-state index in [0.29, 0.717) is 10.0 Å². The Labute approximate surface area is 83.9 Å². The van der Waals surface area contributed by atoms with E-state index in [2.05, 4.69) is 15.9 Å². The molecule has 0 spiro atoms. The molecule has 1 rings (SSSR count). The summed E-state index contributed by atoms with van der Waals surface area (Å²) in [5.74, 6) is -0.599. The second-order valence-electron chi connectivity index (χ2n) is 2.56. The van der Waals surface area contributed by atoms with Crippen molar-refractivity contribution < 1.29 is 12.8 Å². The Kier molecular flexibility index (Phi) is 2.74. The second-order valence-corrected chi connectivity index (χ2v) is 4.97. The van der Waals surface area contributed by atoms with Gasteiger partial charge in [-0.15, -0.1) is 0 Å². The van der Waals surface area contributed by atoms with Gasteiger partial charge in [0.2, 0.25) is 10.0 Å². The van der Waals surface area contributed by atoms with Crippen molar-refractivity contribution in [3.63, 3.8) is 0 Å². The van der Waals surface area contributed by atoms with Crippen LogP contribution in [-0.2, 0) is 10.0 Å². The molecular weight excluding hydrogens is 261 g/mol. The Balaban J connectivity index is 3.47. The molecule has 0 unspecified atom stereocenters. The number of halogens is 2. The number of hydrogen-bond donors (Lipinski definition) is 1. The average molecular weight is 268 g/mol. The molecule has 0 aromatic heterocycles. The Hall–Kier alpha value is -0.460. The van der Waals surface area contributed by atoms with Crippen LogP contribution in [0.1, 0.15) is 5.56 Å². The first-order valence-electron chi connectivity index (χ1n) is 3.31. The maximum absolute atomic E-state index is 13.0. The highest BCUT2D eigenvalue weighted by Crippen LogP contribution is 2.22. The van der Waals surface area contributed by atoms with E-state index in [1.807, 2.05) is 0 Å². The molecule has 0 aliphatic heterocycles. The lowest BCUT2D eigenvalue weighted by Gasteiger charge is -2.03. The van der Waals surface area contributed by atoms with Crippen LogP contribution in [0.25, 0.3) is 0 Å². The lowest BCUT2D eigenvalue weighted by atomic mass is 10.2. The molecule has 0 fully saturated rings. The normalized spacial score (nSPS) is 11.7. The molecule has 0 bridgehead atoms. The summed E-state index contributed by atoms with van der Waals surface area (Å²) in [4.78, 5) is -0.234. The standard InChI is InChI=1S/C7H7BrFNO2S/c1-4-6(8)2-5(3-7(4)9)13(10,11)12/h2-3H,1H3,(H2,10,11,12). The van der Waals surface area contributed by atoms with Crippen molar-refractivity contribution in [2.75, 3.05) is 0 Å². The van der Waals surface area contributed by atoms with Gasteiger partial charge in [0.05, 0.1) is 4.90 Å². The molecule has 2 N–H and O–H groups in total. The summed E-state index contributed by atoms with van der Waals surface area (Å²) in [7, 11) is -3.83. The molecule has 0 aliphatic rings. The lowest BCUT2D eigenvalue weighted by molar-refractivity contribution is 0.590. The van der Waals surface area contributed by atoms with Gasteiger partial charge in [0.1, 0.15) is 5.82 Å². The Morgan fingerprint density at radius 1 is 1.46 bits per heavy atom. The minimum atomic E-state index is -3.83. The van der Waals surface area contributed by atoms with Gasteiger partial charge in [0.25, 0.3) is 0 Å². The molecule has 13 heavy (non-hydrogen) atoms. The van der Waals surface area contributed by atoms with E-state index in [-0.39, 0.29) is 4.90 Å². The van der Waals surface area contributed by atoms with Gasteiger partial charge in [-0.2, -0.15) is 0 Å². The van der Waals surface area contributed by atoms with Crippen LogP contribution >= 0.6 is 15.9 Å². The molecule has 72 valence electrons. The molecule has 3 nitrogen and oxygen atoms in total. The molecule has 0 saturated heterocycles. The van der Waals surface area contributed by atoms with E-state index >= 15 is 0 Å². The zero-order valence-electron chi connectivity index (χ0n) is 6.71. The van der Waals surface area contributed by atoms with E-state index in [0.717, 1.165) is 6.07 Å². The summed E-state index contributed by atoms with van der Waals surface area (Å²) in [6.45, 7) is 1.53. The molecule has 0 heterocycles. The fourth-order valence-corrected chi connectivity index (χ4v) is 1.92. The van der Waals surface area contributed by atoms with Crippen LogP contribution in [0.3, 0.4) is 0 Å². The monoisotopic (exact) mass is 267 g/mol. The summed E-state index contributed by atoms with van der Waals surface area (Å²) >= 11 is 3.03. The van der Waals surface area contributed by atoms with Gasteiger partial charge in [-0.3, -0.25) is 0 Å².